The third-order valence-corrected chi connectivity index (χ3v) is 7.20. The lowest BCUT2D eigenvalue weighted by molar-refractivity contribution is -0.137. The van der Waals surface area contributed by atoms with E-state index < -0.39 is 17.4 Å². The van der Waals surface area contributed by atoms with Gasteiger partial charge in [-0.15, -0.1) is 11.3 Å². The van der Waals surface area contributed by atoms with Crippen molar-refractivity contribution in [1.82, 2.24) is 5.32 Å². The number of hydrogen-bond acceptors (Lipinski definition) is 6. The number of nitrogens with zero attached hydrogens (tertiary/aromatic N) is 1. The van der Waals surface area contributed by atoms with E-state index in [2.05, 4.69) is 10.6 Å². The highest BCUT2D eigenvalue weighted by atomic mass is 32.1. The van der Waals surface area contributed by atoms with Crippen LogP contribution in [0.1, 0.15) is 33.6 Å². The number of para-hydroxylation sites is 1. The lowest BCUT2D eigenvalue weighted by Gasteiger charge is -2.34. The van der Waals surface area contributed by atoms with Gasteiger partial charge in [-0.25, -0.2) is 0 Å². The van der Waals surface area contributed by atoms with Gasteiger partial charge >= 0.3 is 11.8 Å². The maximum Gasteiger partial charge on any atom is 0.313 e. The van der Waals surface area contributed by atoms with Gasteiger partial charge in [0.2, 0.25) is 0 Å². The Balaban J connectivity index is 1.23. The van der Waals surface area contributed by atoms with E-state index in [0.29, 0.717) is 41.4 Å². The first-order chi connectivity index (χ1) is 16.9. The molecule has 180 valence electrons. The number of anilines is 2. The van der Waals surface area contributed by atoms with Crippen LogP contribution in [0.2, 0.25) is 0 Å². The summed E-state index contributed by atoms with van der Waals surface area (Å²) in [6, 6.07) is 16.1. The van der Waals surface area contributed by atoms with Gasteiger partial charge in [0.25, 0.3) is 5.91 Å². The first kappa shape index (κ1) is 23.1. The second-order valence-corrected chi connectivity index (χ2v) is 9.59. The number of ether oxygens (including phenoxy) is 1. The van der Waals surface area contributed by atoms with Gasteiger partial charge in [0.1, 0.15) is 11.4 Å². The predicted octanol–water partition coefficient (Wildman–Crippen LogP) is 3.07. The van der Waals surface area contributed by atoms with Gasteiger partial charge in [-0.2, -0.15) is 0 Å². The van der Waals surface area contributed by atoms with Gasteiger partial charge in [-0.05, 0) is 54.1 Å². The van der Waals surface area contributed by atoms with Crippen molar-refractivity contribution >= 4 is 40.4 Å². The predicted molar refractivity (Wildman–Crippen MR) is 133 cm³/mol. The zero-order valence-electron chi connectivity index (χ0n) is 19.0. The molecule has 1 aromatic heterocycles. The number of carbonyl (C=O) groups excluding carboxylic acids is 3. The standard InChI is InChI=1S/C26H25N3O5S/c30-23(27-16-26(33)11-13-34-21-7-2-1-6-19(21)26)24(31)28-18-9-10-20-17(15-18)5-3-12-29(20)25(32)22-8-4-14-35-22/h1-2,4,6-10,14-15,33H,3,5,11-13,16H2,(H,27,30)(H,28,31)/t26-/m0/s1. The highest BCUT2D eigenvalue weighted by Gasteiger charge is 2.36. The molecule has 1 atom stereocenters. The molecule has 2 aliphatic rings. The average molecular weight is 492 g/mol. The molecule has 0 fully saturated rings. The number of thiophene rings is 1. The Morgan fingerprint density at radius 3 is 2.77 bits per heavy atom. The fourth-order valence-electron chi connectivity index (χ4n) is 4.54. The lowest BCUT2D eigenvalue weighted by atomic mass is 9.88. The van der Waals surface area contributed by atoms with Crippen LogP contribution < -0.4 is 20.3 Å². The summed E-state index contributed by atoms with van der Waals surface area (Å²) in [7, 11) is 0. The quantitative estimate of drug-likeness (QED) is 0.486. The van der Waals surface area contributed by atoms with E-state index in [1.165, 1.54) is 11.3 Å². The normalized spacial score (nSPS) is 18.6. The molecule has 0 bridgehead atoms. The molecule has 5 rings (SSSR count). The Labute approximate surface area is 206 Å². The topological polar surface area (TPSA) is 108 Å². The van der Waals surface area contributed by atoms with Crippen molar-refractivity contribution in [2.24, 2.45) is 0 Å². The van der Waals surface area contributed by atoms with Gasteiger partial charge in [-0.1, -0.05) is 24.3 Å². The first-order valence-corrected chi connectivity index (χ1v) is 12.3. The molecule has 3 aromatic rings. The second-order valence-electron chi connectivity index (χ2n) is 8.64. The van der Waals surface area contributed by atoms with Crippen molar-refractivity contribution in [2.75, 3.05) is 29.9 Å². The number of rotatable bonds is 4. The minimum absolute atomic E-state index is 0.0373. The zero-order chi connectivity index (χ0) is 24.4. The average Bonchev–Trinajstić information content (AvgIpc) is 3.42. The summed E-state index contributed by atoms with van der Waals surface area (Å²) in [5, 5.41) is 18.1. The number of nitrogens with one attached hydrogen (secondary N) is 2. The molecule has 2 aliphatic heterocycles. The smallest absolute Gasteiger partial charge is 0.313 e. The third kappa shape index (κ3) is 4.65. The molecule has 3 amide bonds. The van der Waals surface area contributed by atoms with E-state index >= 15 is 0 Å². The van der Waals surface area contributed by atoms with Crippen molar-refractivity contribution in [3.63, 3.8) is 0 Å². The van der Waals surface area contributed by atoms with Crippen LogP contribution in [0, 0.1) is 0 Å². The summed E-state index contributed by atoms with van der Waals surface area (Å²) in [5.74, 6) is -1.13. The molecule has 0 aliphatic carbocycles. The van der Waals surface area contributed by atoms with Gasteiger partial charge in [0.15, 0.2) is 0 Å². The highest BCUT2D eigenvalue weighted by Crippen LogP contribution is 2.36. The Bertz CT molecular complexity index is 1280. The molecule has 9 heteroatoms. The van der Waals surface area contributed by atoms with Gasteiger partial charge in [0.05, 0.1) is 18.0 Å². The van der Waals surface area contributed by atoms with Crippen LogP contribution in [0.4, 0.5) is 11.4 Å². The van der Waals surface area contributed by atoms with Crippen LogP contribution in [-0.2, 0) is 21.6 Å². The van der Waals surface area contributed by atoms with Crippen LogP contribution in [0.5, 0.6) is 5.75 Å². The minimum atomic E-state index is -1.31. The van der Waals surface area contributed by atoms with Crippen molar-refractivity contribution in [1.29, 1.82) is 0 Å². The van der Waals surface area contributed by atoms with E-state index in [1.54, 1.807) is 41.3 Å². The largest absolute Gasteiger partial charge is 0.493 e. The molecule has 0 saturated heterocycles. The number of aliphatic hydroxyl groups is 1. The van der Waals surface area contributed by atoms with Crippen LogP contribution in [-0.4, -0.2) is 42.5 Å². The summed E-state index contributed by atoms with van der Waals surface area (Å²) >= 11 is 1.41. The number of carbonyl (C=O) groups is 3. The van der Waals surface area contributed by atoms with Crippen LogP contribution in [0.15, 0.2) is 60.0 Å². The highest BCUT2D eigenvalue weighted by molar-refractivity contribution is 7.12. The molecule has 0 radical (unpaired) electrons. The van der Waals surface area contributed by atoms with Gasteiger partial charge in [-0.3, -0.25) is 14.4 Å². The summed E-state index contributed by atoms with van der Waals surface area (Å²) in [6.07, 6.45) is 1.89. The van der Waals surface area contributed by atoms with E-state index in [-0.39, 0.29) is 12.5 Å². The number of amides is 3. The van der Waals surface area contributed by atoms with E-state index in [1.807, 2.05) is 23.6 Å². The van der Waals surface area contributed by atoms with E-state index in [9.17, 15) is 19.5 Å². The summed E-state index contributed by atoms with van der Waals surface area (Å²) in [6.45, 7) is 0.843. The van der Waals surface area contributed by atoms with E-state index in [0.717, 1.165) is 24.1 Å². The Morgan fingerprint density at radius 2 is 1.94 bits per heavy atom. The summed E-state index contributed by atoms with van der Waals surface area (Å²) < 4.78 is 5.56. The minimum Gasteiger partial charge on any atom is -0.493 e. The van der Waals surface area contributed by atoms with Crippen LogP contribution >= 0.6 is 11.3 Å². The molecule has 35 heavy (non-hydrogen) atoms. The monoisotopic (exact) mass is 491 g/mol. The zero-order valence-corrected chi connectivity index (χ0v) is 19.8. The SMILES string of the molecule is O=C(NC[C@@]1(O)CCOc2ccccc21)C(=O)Nc1ccc2c(c1)CCCN2C(=O)c1cccs1. The Morgan fingerprint density at radius 1 is 1.09 bits per heavy atom. The second kappa shape index (κ2) is 9.52. The van der Waals surface area contributed by atoms with Crippen LogP contribution in [0.3, 0.4) is 0 Å². The maximum absolute atomic E-state index is 12.9. The third-order valence-electron chi connectivity index (χ3n) is 6.34. The fourth-order valence-corrected chi connectivity index (χ4v) is 5.21. The van der Waals surface area contributed by atoms with Crippen molar-refractivity contribution in [3.8, 4) is 5.75 Å². The molecule has 0 saturated carbocycles. The molecule has 8 nitrogen and oxygen atoms in total. The number of fused-ring (bicyclic) bond motifs is 2. The number of benzene rings is 2. The fraction of sp³-hybridized carbons (Fsp3) is 0.269. The molecule has 0 spiro atoms. The molecular formula is C26H25N3O5S. The van der Waals surface area contributed by atoms with Crippen molar-refractivity contribution in [3.05, 3.63) is 76.0 Å². The first-order valence-electron chi connectivity index (χ1n) is 11.5. The maximum atomic E-state index is 12.9. The van der Waals surface area contributed by atoms with E-state index in [4.69, 9.17) is 4.74 Å². The van der Waals surface area contributed by atoms with Crippen molar-refractivity contribution < 1.29 is 24.2 Å². The lowest BCUT2D eigenvalue weighted by Crippen LogP contribution is -2.46. The Hall–Kier alpha value is -3.69. The number of aryl methyl sites for hydroxylation is 1. The summed E-state index contributed by atoms with van der Waals surface area (Å²) in [5.41, 5.74) is 1.51. The molecule has 2 aromatic carbocycles. The van der Waals surface area contributed by atoms with Crippen LogP contribution in [0.25, 0.3) is 0 Å². The molecule has 3 N–H and O–H groups in total. The summed E-state index contributed by atoms with van der Waals surface area (Å²) in [4.78, 5) is 40.3. The molecule has 0 unspecified atom stereocenters. The van der Waals surface area contributed by atoms with Crippen molar-refractivity contribution in [2.45, 2.75) is 24.9 Å². The number of hydrogen-bond donors (Lipinski definition) is 3. The van der Waals surface area contributed by atoms with Gasteiger partial charge in [0, 0.05) is 29.9 Å². The van der Waals surface area contributed by atoms with Gasteiger partial charge < -0.3 is 25.4 Å². The Kier molecular flexibility index (Phi) is 6.27. The molecular weight excluding hydrogens is 466 g/mol. The molecule has 3 heterocycles.